The average molecular weight is 527 g/mol. The van der Waals surface area contributed by atoms with Gasteiger partial charge in [0.1, 0.15) is 0 Å². The summed E-state index contributed by atoms with van der Waals surface area (Å²) in [6.07, 6.45) is 0. The molecule has 0 aliphatic heterocycles. The Kier molecular flexibility index (Phi) is 6.81. The van der Waals surface area contributed by atoms with Crippen LogP contribution in [0.15, 0.2) is 39.3 Å². The van der Waals surface area contributed by atoms with Gasteiger partial charge < -0.3 is 10.4 Å². The van der Waals surface area contributed by atoms with Crippen LogP contribution in [0.1, 0.15) is 20.7 Å². The molecule has 130 valence electrons. The lowest BCUT2D eigenvalue weighted by Gasteiger charge is -2.14. The molecule has 0 saturated carbocycles. The third kappa shape index (κ3) is 5.15. The Hall–Kier alpha value is -1.19. The third-order valence-electron chi connectivity index (χ3n) is 2.92. The highest BCUT2D eigenvalue weighted by Crippen LogP contribution is 2.31. The molecule has 1 amide bonds. The second kappa shape index (κ2) is 8.46. The number of hydrogen-bond donors (Lipinski definition) is 3. The van der Waals surface area contributed by atoms with Crippen LogP contribution in [-0.2, 0) is 0 Å². The van der Waals surface area contributed by atoms with Gasteiger partial charge in [-0.15, -0.1) is 0 Å². The van der Waals surface area contributed by atoms with Crippen LogP contribution in [0.3, 0.4) is 0 Å². The molecule has 2 aromatic rings. The van der Waals surface area contributed by atoms with Gasteiger partial charge >= 0.3 is 5.97 Å². The van der Waals surface area contributed by atoms with Gasteiger partial charge in [0, 0.05) is 14.0 Å². The second-order valence-corrected chi connectivity index (χ2v) is 7.67. The molecule has 2 rings (SSSR count). The predicted molar refractivity (Wildman–Crippen MR) is 109 cm³/mol. The van der Waals surface area contributed by atoms with Crippen LogP contribution in [0.2, 0.25) is 10.0 Å². The van der Waals surface area contributed by atoms with Gasteiger partial charge in [-0.25, -0.2) is 4.79 Å². The highest BCUT2D eigenvalue weighted by molar-refractivity contribution is 9.11. The van der Waals surface area contributed by atoms with Crippen molar-refractivity contribution in [1.82, 2.24) is 5.32 Å². The summed E-state index contributed by atoms with van der Waals surface area (Å²) >= 11 is 23.4. The van der Waals surface area contributed by atoms with E-state index in [-0.39, 0.29) is 26.9 Å². The predicted octanol–water partition coefficient (Wildman–Crippen LogP) is 5.34. The molecule has 5 nitrogen and oxygen atoms in total. The molecule has 0 fully saturated rings. The van der Waals surface area contributed by atoms with E-state index >= 15 is 0 Å². The monoisotopic (exact) mass is 524 g/mol. The highest BCUT2D eigenvalue weighted by atomic mass is 79.9. The van der Waals surface area contributed by atoms with E-state index in [4.69, 9.17) is 35.4 Å². The third-order valence-corrected chi connectivity index (χ3v) is 4.78. The van der Waals surface area contributed by atoms with Crippen molar-refractivity contribution in [3.8, 4) is 0 Å². The Morgan fingerprint density at radius 3 is 2.40 bits per heavy atom. The zero-order valence-electron chi connectivity index (χ0n) is 12.1. The van der Waals surface area contributed by atoms with Gasteiger partial charge in [0.15, 0.2) is 5.11 Å². The van der Waals surface area contributed by atoms with Crippen molar-refractivity contribution >= 4 is 90.0 Å². The van der Waals surface area contributed by atoms with Crippen molar-refractivity contribution in [2.24, 2.45) is 0 Å². The maximum Gasteiger partial charge on any atom is 0.337 e. The first kappa shape index (κ1) is 20.1. The molecule has 0 spiro atoms. The number of amides is 1. The molecule has 0 aliphatic carbocycles. The van der Waals surface area contributed by atoms with Gasteiger partial charge in [0.05, 0.1) is 21.8 Å². The maximum absolute atomic E-state index is 12.3. The van der Waals surface area contributed by atoms with Crippen molar-refractivity contribution < 1.29 is 14.7 Å². The maximum atomic E-state index is 12.3. The number of anilines is 1. The molecular weight excluding hydrogens is 519 g/mol. The molecule has 0 atom stereocenters. The minimum atomic E-state index is -1.16. The van der Waals surface area contributed by atoms with Crippen molar-refractivity contribution in [3.63, 3.8) is 0 Å². The first-order chi connectivity index (χ1) is 11.7. The summed E-state index contributed by atoms with van der Waals surface area (Å²) in [4.78, 5) is 23.6. The molecule has 0 unspecified atom stereocenters. The largest absolute Gasteiger partial charge is 0.478 e. The van der Waals surface area contributed by atoms with E-state index in [2.05, 4.69) is 42.5 Å². The molecule has 25 heavy (non-hydrogen) atoms. The summed E-state index contributed by atoms with van der Waals surface area (Å²) in [7, 11) is 0. The van der Waals surface area contributed by atoms with Crippen LogP contribution in [0.25, 0.3) is 0 Å². The fourth-order valence-corrected chi connectivity index (χ4v) is 3.75. The lowest BCUT2D eigenvalue weighted by Crippen LogP contribution is -2.34. The molecular formula is C15H8Br2Cl2N2O3S. The van der Waals surface area contributed by atoms with Gasteiger partial charge in [-0.1, -0.05) is 39.1 Å². The fraction of sp³-hybridized carbons (Fsp3) is 0. The summed E-state index contributed by atoms with van der Waals surface area (Å²) in [5.74, 6) is -1.73. The standard InChI is InChI=1S/C15H8Br2Cl2N2O3S/c16-6-3-9(14(23)24)12(10(17)4-6)20-15(25)21-13(22)8-5-7(18)1-2-11(8)19/h1-5H,(H,23,24)(H2,20,21,22,25). The van der Waals surface area contributed by atoms with E-state index in [1.807, 2.05) is 0 Å². The summed E-state index contributed by atoms with van der Waals surface area (Å²) in [6.45, 7) is 0. The zero-order valence-corrected chi connectivity index (χ0v) is 17.6. The molecule has 0 radical (unpaired) electrons. The van der Waals surface area contributed by atoms with Crippen LogP contribution < -0.4 is 10.6 Å². The molecule has 2 aromatic carbocycles. The van der Waals surface area contributed by atoms with E-state index in [0.29, 0.717) is 14.0 Å². The topological polar surface area (TPSA) is 78.4 Å². The Morgan fingerprint density at radius 2 is 1.76 bits per heavy atom. The minimum absolute atomic E-state index is 0.0290. The number of carboxylic acids is 1. The van der Waals surface area contributed by atoms with E-state index in [1.54, 1.807) is 12.1 Å². The Bertz CT molecular complexity index is 893. The number of thiocarbonyl (C=S) groups is 1. The number of carboxylic acid groups (broad SMARTS) is 1. The molecule has 0 saturated heterocycles. The lowest BCUT2D eigenvalue weighted by atomic mass is 10.2. The van der Waals surface area contributed by atoms with Crippen LogP contribution in [0.4, 0.5) is 5.69 Å². The number of rotatable bonds is 3. The number of carbonyl (C=O) groups excluding carboxylic acids is 1. The number of nitrogens with one attached hydrogen (secondary N) is 2. The van der Waals surface area contributed by atoms with Crippen LogP contribution >= 0.6 is 67.3 Å². The number of benzene rings is 2. The molecule has 0 bridgehead atoms. The van der Waals surface area contributed by atoms with Crippen LogP contribution in [-0.4, -0.2) is 22.1 Å². The van der Waals surface area contributed by atoms with E-state index in [1.165, 1.54) is 18.2 Å². The number of aromatic carboxylic acids is 1. The van der Waals surface area contributed by atoms with Crippen molar-refractivity contribution in [3.05, 3.63) is 60.4 Å². The first-order valence-electron chi connectivity index (χ1n) is 6.48. The number of halogens is 4. The normalized spacial score (nSPS) is 10.2. The lowest BCUT2D eigenvalue weighted by molar-refractivity contribution is 0.0697. The zero-order chi connectivity index (χ0) is 18.7. The molecule has 0 aliphatic rings. The number of hydrogen-bond acceptors (Lipinski definition) is 3. The van der Waals surface area contributed by atoms with Gasteiger partial charge in [0.25, 0.3) is 5.91 Å². The SMILES string of the molecule is O=C(NC(=S)Nc1c(Br)cc(Br)cc1C(=O)O)c1cc(Cl)ccc1Cl. The minimum Gasteiger partial charge on any atom is -0.478 e. The molecule has 10 heteroatoms. The number of carbonyl (C=O) groups is 2. The molecule has 0 heterocycles. The summed E-state index contributed by atoms with van der Waals surface area (Å²) in [5.41, 5.74) is 0.323. The second-order valence-electron chi connectivity index (χ2n) is 4.65. The first-order valence-corrected chi connectivity index (χ1v) is 9.23. The van der Waals surface area contributed by atoms with E-state index in [9.17, 15) is 14.7 Å². The van der Waals surface area contributed by atoms with E-state index < -0.39 is 11.9 Å². The highest BCUT2D eigenvalue weighted by Gasteiger charge is 2.18. The summed E-state index contributed by atoms with van der Waals surface area (Å²) in [6, 6.07) is 7.50. The fourth-order valence-electron chi connectivity index (χ4n) is 1.86. The van der Waals surface area contributed by atoms with Gasteiger partial charge in [-0.3, -0.25) is 10.1 Å². The van der Waals surface area contributed by atoms with Crippen molar-refractivity contribution in [2.45, 2.75) is 0 Å². The summed E-state index contributed by atoms with van der Waals surface area (Å²) < 4.78 is 1.03. The van der Waals surface area contributed by atoms with Gasteiger partial charge in [0.2, 0.25) is 0 Å². The molecule has 0 aromatic heterocycles. The Balaban J connectivity index is 2.22. The quantitative estimate of drug-likeness (QED) is 0.470. The smallest absolute Gasteiger partial charge is 0.337 e. The van der Waals surface area contributed by atoms with Crippen molar-refractivity contribution in [1.29, 1.82) is 0 Å². The van der Waals surface area contributed by atoms with Crippen LogP contribution in [0.5, 0.6) is 0 Å². The van der Waals surface area contributed by atoms with E-state index in [0.717, 1.165) is 0 Å². The van der Waals surface area contributed by atoms with Crippen molar-refractivity contribution in [2.75, 3.05) is 5.32 Å². The Labute approximate surface area is 175 Å². The van der Waals surface area contributed by atoms with Gasteiger partial charge in [-0.2, -0.15) is 0 Å². The van der Waals surface area contributed by atoms with Gasteiger partial charge in [-0.05, 0) is 58.5 Å². The summed E-state index contributed by atoms with van der Waals surface area (Å²) in [5, 5.41) is 14.9. The Morgan fingerprint density at radius 1 is 1.08 bits per heavy atom. The molecule has 3 N–H and O–H groups in total. The average Bonchev–Trinajstić information content (AvgIpc) is 2.51. The van der Waals surface area contributed by atoms with Crippen LogP contribution in [0, 0.1) is 0 Å².